The average Bonchev–Trinajstić information content (AvgIpc) is 2.65. The van der Waals surface area contributed by atoms with Gasteiger partial charge in [-0.3, -0.25) is 4.79 Å². The molecule has 2 aromatic carbocycles. The molecule has 2 atom stereocenters. The van der Waals surface area contributed by atoms with Crippen LogP contribution in [0.5, 0.6) is 0 Å². The van der Waals surface area contributed by atoms with E-state index in [0.717, 1.165) is 25.1 Å². The molecule has 4 nitrogen and oxygen atoms in total. The first-order chi connectivity index (χ1) is 12.1. The van der Waals surface area contributed by atoms with Crippen LogP contribution in [0.15, 0.2) is 60.7 Å². The van der Waals surface area contributed by atoms with Gasteiger partial charge in [-0.2, -0.15) is 0 Å². The van der Waals surface area contributed by atoms with Crippen LogP contribution in [0.1, 0.15) is 30.5 Å². The Morgan fingerprint density at radius 3 is 2.19 bits per heavy atom. The van der Waals surface area contributed by atoms with Crippen molar-refractivity contribution in [1.82, 2.24) is 10.2 Å². The standard InChI is InChI=1S/C21H29N3O.2ClH/c1-17(20(22)19-12-7-4-8-13-19)21(25)23-14-9-15-24(2)16-18-10-5-3-6-11-18;;/h3-8,10-13,17,20H,9,14-16,22H2,1-2H3,(H,23,25);2*1H. The molecule has 150 valence electrons. The summed E-state index contributed by atoms with van der Waals surface area (Å²) in [4.78, 5) is 14.6. The quantitative estimate of drug-likeness (QED) is 0.616. The normalized spacial score (nSPS) is 12.4. The van der Waals surface area contributed by atoms with Crippen LogP contribution in [0.2, 0.25) is 0 Å². The summed E-state index contributed by atoms with van der Waals surface area (Å²) in [6.45, 7) is 4.41. The summed E-state index contributed by atoms with van der Waals surface area (Å²) in [5.41, 5.74) is 8.50. The molecule has 0 aliphatic heterocycles. The van der Waals surface area contributed by atoms with Gasteiger partial charge in [0.15, 0.2) is 0 Å². The second-order valence-corrected chi connectivity index (χ2v) is 6.59. The van der Waals surface area contributed by atoms with Crippen molar-refractivity contribution in [2.24, 2.45) is 11.7 Å². The number of amides is 1. The maximum Gasteiger partial charge on any atom is 0.224 e. The van der Waals surface area contributed by atoms with Gasteiger partial charge in [0.1, 0.15) is 0 Å². The fourth-order valence-electron chi connectivity index (χ4n) is 2.82. The van der Waals surface area contributed by atoms with E-state index >= 15 is 0 Å². The van der Waals surface area contributed by atoms with E-state index in [1.807, 2.05) is 43.3 Å². The van der Waals surface area contributed by atoms with Crippen LogP contribution in [0.4, 0.5) is 0 Å². The molecule has 0 heterocycles. The van der Waals surface area contributed by atoms with Crippen LogP contribution < -0.4 is 11.1 Å². The van der Waals surface area contributed by atoms with Gasteiger partial charge < -0.3 is 16.0 Å². The van der Waals surface area contributed by atoms with E-state index < -0.39 is 0 Å². The molecule has 2 rings (SSSR count). The highest BCUT2D eigenvalue weighted by Gasteiger charge is 2.21. The van der Waals surface area contributed by atoms with E-state index in [1.165, 1.54) is 5.56 Å². The number of carbonyl (C=O) groups is 1. The number of nitrogens with one attached hydrogen (secondary N) is 1. The minimum Gasteiger partial charge on any atom is -0.356 e. The predicted octanol–water partition coefficient (Wildman–Crippen LogP) is 3.80. The Morgan fingerprint density at radius 2 is 1.59 bits per heavy atom. The molecule has 0 saturated carbocycles. The minimum absolute atomic E-state index is 0. The van der Waals surface area contributed by atoms with Crippen molar-refractivity contribution < 1.29 is 4.79 Å². The molecular formula is C21H31Cl2N3O. The third kappa shape index (κ3) is 8.76. The van der Waals surface area contributed by atoms with Crippen molar-refractivity contribution in [3.05, 3.63) is 71.8 Å². The second-order valence-electron chi connectivity index (χ2n) is 6.59. The second kappa shape index (κ2) is 13.6. The topological polar surface area (TPSA) is 58.4 Å². The molecule has 2 aromatic rings. The third-order valence-electron chi connectivity index (χ3n) is 4.45. The first kappa shape index (κ1) is 25.4. The number of hydrogen-bond donors (Lipinski definition) is 2. The third-order valence-corrected chi connectivity index (χ3v) is 4.45. The monoisotopic (exact) mass is 411 g/mol. The lowest BCUT2D eigenvalue weighted by Gasteiger charge is -2.20. The Balaban J connectivity index is 0.00000338. The Morgan fingerprint density at radius 1 is 1.04 bits per heavy atom. The first-order valence-corrected chi connectivity index (χ1v) is 8.88. The molecule has 0 aromatic heterocycles. The maximum atomic E-state index is 12.3. The number of hydrogen-bond acceptors (Lipinski definition) is 3. The first-order valence-electron chi connectivity index (χ1n) is 8.88. The molecule has 0 saturated heterocycles. The predicted molar refractivity (Wildman–Crippen MR) is 117 cm³/mol. The summed E-state index contributed by atoms with van der Waals surface area (Å²) in [7, 11) is 2.10. The summed E-state index contributed by atoms with van der Waals surface area (Å²) in [5, 5.41) is 3.01. The summed E-state index contributed by atoms with van der Waals surface area (Å²) in [6, 6.07) is 19.9. The number of nitrogens with zero attached hydrogens (tertiary/aromatic N) is 1. The molecule has 27 heavy (non-hydrogen) atoms. The molecule has 6 heteroatoms. The van der Waals surface area contributed by atoms with E-state index in [9.17, 15) is 4.79 Å². The van der Waals surface area contributed by atoms with Crippen molar-refractivity contribution >= 4 is 30.7 Å². The highest BCUT2D eigenvalue weighted by atomic mass is 35.5. The zero-order valence-electron chi connectivity index (χ0n) is 16.0. The number of carbonyl (C=O) groups excluding carboxylic acids is 1. The number of benzene rings is 2. The summed E-state index contributed by atoms with van der Waals surface area (Å²) < 4.78 is 0. The lowest BCUT2D eigenvalue weighted by Crippen LogP contribution is -2.36. The Labute approximate surface area is 175 Å². The van der Waals surface area contributed by atoms with E-state index in [0.29, 0.717) is 6.54 Å². The van der Waals surface area contributed by atoms with Gasteiger partial charge in [0.2, 0.25) is 5.91 Å². The van der Waals surface area contributed by atoms with E-state index in [2.05, 4.69) is 41.5 Å². The highest BCUT2D eigenvalue weighted by molar-refractivity contribution is 5.85. The Hall–Kier alpha value is -1.59. The van der Waals surface area contributed by atoms with Gasteiger partial charge in [-0.15, -0.1) is 24.8 Å². The summed E-state index contributed by atoms with van der Waals surface area (Å²) in [6.07, 6.45) is 0.919. The maximum absolute atomic E-state index is 12.3. The number of nitrogens with two attached hydrogens (primary N) is 1. The average molecular weight is 412 g/mol. The van der Waals surface area contributed by atoms with Crippen molar-refractivity contribution in [2.45, 2.75) is 25.9 Å². The minimum atomic E-state index is -0.276. The van der Waals surface area contributed by atoms with E-state index in [-0.39, 0.29) is 42.7 Å². The molecule has 0 aliphatic carbocycles. The van der Waals surface area contributed by atoms with Crippen LogP contribution in [-0.4, -0.2) is 30.9 Å². The fourth-order valence-corrected chi connectivity index (χ4v) is 2.82. The van der Waals surface area contributed by atoms with Gasteiger partial charge in [0, 0.05) is 19.1 Å². The van der Waals surface area contributed by atoms with Crippen LogP contribution in [0.3, 0.4) is 0 Å². The van der Waals surface area contributed by atoms with Gasteiger partial charge in [-0.25, -0.2) is 0 Å². The van der Waals surface area contributed by atoms with Crippen LogP contribution in [0.25, 0.3) is 0 Å². The SMILES string of the molecule is CC(C(=O)NCCCN(C)Cc1ccccc1)C(N)c1ccccc1.Cl.Cl. The Bertz CT molecular complexity index is 640. The molecule has 3 N–H and O–H groups in total. The van der Waals surface area contributed by atoms with Crippen molar-refractivity contribution in [3.63, 3.8) is 0 Å². The van der Waals surface area contributed by atoms with Crippen molar-refractivity contribution in [2.75, 3.05) is 20.1 Å². The molecule has 2 unspecified atom stereocenters. The van der Waals surface area contributed by atoms with Gasteiger partial charge in [-0.05, 0) is 31.1 Å². The number of halogens is 2. The van der Waals surface area contributed by atoms with Gasteiger partial charge in [0.25, 0.3) is 0 Å². The zero-order valence-corrected chi connectivity index (χ0v) is 17.6. The van der Waals surface area contributed by atoms with Crippen molar-refractivity contribution in [3.8, 4) is 0 Å². The van der Waals surface area contributed by atoms with Crippen LogP contribution in [-0.2, 0) is 11.3 Å². The van der Waals surface area contributed by atoms with E-state index in [4.69, 9.17) is 5.73 Å². The molecular weight excluding hydrogens is 381 g/mol. The van der Waals surface area contributed by atoms with E-state index in [1.54, 1.807) is 0 Å². The lowest BCUT2D eigenvalue weighted by molar-refractivity contribution is -0.125. The van der Waals surface area contributed by atoms with Gasteiger partial charge in [-0.1, -0.05) is 67.6 Å². The smallest absolute Gasteiger partial charge is 0.224 e. The molecule has 0 spiro atoms. The van der Waals surface area contributed by atoms with Crippen LogP contribution in [0, 0.1) is 5.92 Å². The number of rotatable bonds is 9. The van der Waals surface area contributed by atoms with Crippen molar-refractivity contribution in [1.29, 1.82) is 0 Å². The highest BCUT2D eigenvalue weighted by Crippen LogP contribution is 2.18. The van der Waals surface area contributed by atoms with Gasteiger partial charge in [0.05, 0.1) is 5.92 Å². The van der Waals surface area contributed by atoms with Gasteiger partial charge >= 0.3 is 0 Å². The molecule has 0 radical (unpaired) electrons. The molecule has 0 fully saturated rings. The zero-order chi connectivity index (χ0) is 18.1. The largest absolute Gasteiger partial charge is 0.356 e. The molecule has 0 aliphatic rings. The Kier molecular flexibility index (Phi) is 12.8. The van der Waals surface area contributed by atoms with Crippen LogP contribution >= 0.6 is 24.8 Å². The summed E-state index contributed by atoms with van der Waals surface area (Å²) in [5.74, 6) is -0.230. The lowest BCUT2D eigenvalue weighted by atomic mass is 9.95. The fraction of sp³-hybridized carbons (Fsp3) is 0.381. The summed E-state index contributed by atoms with van der Waals surface area (Å²) >= 11 is 0. The molecule has 1 amide bonds. The molecule has 0 bridgehead atoms.